The Labute approximate surface area is 88.0 Å². The molecule has 0 unspecified atom stereocenters. The van der Waals surface area contributed by atoms with E-state index in [1.165, 1.54) is 13.2 Å². The fourth-order valence-corrected chi connectivity index (χ4v) is 1.57. The fourth-order valence-electron chi connectivity index (χ4n) is 1.57. The highest BCUT2D eigenvalue weighted by molar-refractivity contribution is 5.46. The second-order valence-corrected chi connectivity index (χ2v) is 3.60. The van der Waals surface area contributed by atoms with E-state index in [4.69, 9.17) is 10.5 Å². The van der Waals surface area contributed by atoms with Crippen molar-refractivity contribution in [2.24, 2.45) is 5.73 Å². The van der Waals surface area contributed by atoms with Crippen molar-refractivity contribution in [3.8, 4) is 5.75 Å². The van der Waals surface area contributed by atoms with Gasteiger partial charge in [-0.05, 0) is 13.0 Å². The number of halogens is 2. The van der Waals surface area contributed by atoms with Crippen molar-refractivity contribution in [2.45, 2.75) is 26.3 Å². The van der Waals surface area contributed by atoms with Gasteiger partial charge in [-0.3, -0.25) is 0 Å². The zero-order valence-corrected chi connectivity index (χ0v) is 9.10. The van der Waals surface area contributed by atoms with E-state index < -0.39 is 5.92 Å². The number of benzene rings is 1. The van der Waals surface area contributed by atoms with Gasteiger partial charge in [-0.1, -0.05) is 11.6 Å². The molecule has 0 radical (unpaired) electrons. The van der Waals surface area contributed by atoms with Crippen LogP contribution in [0.25, 0.3) is 0 Å². The van der Waals surface area contributed by atoms with Crippen LogP contribution in [0, 0.1) is 6.92 Å². The van der Waals surface area contributed by atoms with Crippen LogP contribution in [0.15, 0.2) is 12.1 Å². The SMILES string of the molecule is COc1c(CN)cc(C)cc1C(C)(F)F. The lowest BCUT2D eigenvalue weighted by molar-refractivity contribution is 0.0149. The maximum absolute atomic E-state index is 13.3. The number of hydrogen-bond donors (Lipinski definition) is 1. The molecule has 0 aliphatic carbocycles. The second kappa shape index (κ2) is 4.14. The summed E-state index contributed by atoms with van der Waals surface area (Å²) in [6, 6.07) is 3.19. The van der Waals surface area contributed by atoms with Crippen molar-refractivity contribution < 1.29 is 13.5 Å². The van der Waals surface area contributed by atoms with Gasteiger partial charge in [0.05, 0.1) is 12.7 Å². The van der Waals surface area contributed by atoms with Gasteiger partial charge in [0, 0.05) is 19.0 Å². The third-order valence-electron chi connectivity index (χ3n) is 2.21. The van der Waals surface area contributed by atoms with E-state index in [2.05, 4.69) is 0 Å². The van der Waals surface area contributed by atoms with E-state index >= 15 is 0 Å². The lowest BCUT2D eigenvalue weighted by Gasteiger charge is -2.18. The van der Waals surface area contributed by atoms with Crippen LogP contribution in [0.5, 0.6) is 5.75 Å². The predicted octanol–water partition coefficient (Wildman–Crippen LogP) is 2.57. The number of rotatable bonds is 3. The highest BCUT2D eigenvalue weighted by Gasteiger charge is 2.29. The van der Waals surface area contributed by atoms with E-state index in [1.54, 1.807) is 13.0 Å². The summed E-state index contributed by atoms with van der Waals surface area (Å²) in [5, 5.41) is 0. The number of nitrogens with two attached hydrogens (primary N) is 1. The fraction of sp³-hybridized carbons (Fsp3) is 0.455. The zero-order valence-electron chi connectivity index (χ0n) is 9.10. The molecule has 0 bridgehead atoms. The monoisotopic (exact) mass is 215 g/mol. The second-order valence-electron chi connectivity index (χ2n) is 3.60. The number of alkyl halides is 2. The molecule has 0 saturated carbocycles. The molecule has 15 heavy (non-hydrogen) atoms. The van der Waals surface area contributed by atoms with Gasteiger partial charge in [0.25, 0.3) is 5.92 Å². The molecule has 2 N–H and O–H groups in total. The number of aryl methyl sites for hydroxylation is 1. The molecule has 2 nitrogen and oxygen atoms in total. The summed E-state index contributed by atoms with van der Waals surface area (Å²) in [5.74, 6) is -2.73. The maximum Gasteiger partial charge on any atom is 0.274 e. The van der Waals surface area contributed by atoms with Gasteiger partial charge in [-0.2, -0.15) is 0 Å². The largest absolute Gasteiger partial charge is 0.496 e. The number of methoxy groups -OCH3 is 1. The van der Waals surface area contributed by atoms with Crippen LogP contribution in [0.2, 0.25) is 0 Å². The van der Waals surface area contributed by atoms with Crippen LogP contribution in [-0.2, 0) is 12.5 Å². The van der Waals surface area contributed by atoms with Crippen LogP contribution in [0.4, 0.5) is 8.78 Å². The first-order valence-electron chi connectivity index (χ1n) is 4.66. The van der Waals surface area contributed by atoms with Gasteiger partial charge < -0.3 is 10.5 Å². The van der Waals surface area contributed by atoms with Gasteiger partial charge in [-0.15, -0.1) is 0 Å². The van der Waals surface area contributed by atoms with Crippen molar-refractivity contribution in [1.82, 2.24) is 0 Å². The van der Waals surface area contributed by atoms with Crippen LogP contribution in [0.1, 0.15) is 23.6 Å². The summed E-state index contributed by atoms with van der Waals surface area (Å²) >= 11 is 0. The molecule has 0 amide bonds. The first-order chi connectivity index (χ1) is 6.90. The normalized spacial score (nSPS) is 11.6. The molecular weight excluding hydrogens is 200 g/mol. The molecule has 1 aromatic rings. The first kappa shape index (κ1) is 11.9. The molecule has 84 valence electrons. The van der Waals surface area contributed by atoms with E-state index in [1.807, 2.05) is 0 Å². The third-order valence-corrected chi connectivity index (χ3v) is 2.21. The molecule has 0 fully saturated rings. The molecule has 0 saturated heterocycles. The van der Waals surface area contributed by atoms with E-state index in [9.17, 15) is 8.78 Å². The van der Waals surface area contributed by atoms with Crippen LogP contribution < -0.4 is 10.5 Å². The molecule has 0 aromatic heterocycles. The third kappa shape index (κ3) is 2.45. The molecule has 1 rings (SSSR count). The first-order valence-corrected chi connectivity index (χ1v) is 4.66. The minimum absolute atomic E-state index is 0.106. The van der Waals surface area contributed by atoms with Gasteiger partial charge in [0.1, 0.15) is 5.75 Å². The summed E-state index contributed by atoms with van der Waals surface area (Å²) in [6.07, 6.45) is 0. The Kier molecular flexibility index (Phi) is 3.29. The summed E-state index contributed by atoms with van der Waals surface area (Å²) < 4.78 is 31.5. The topological polar surface area (TPSA) is 35.2 Å². The summed E-state index contributed by atoms with van der Waals surface area (Å²) in [7, 11) is 1.37. The van der Waals surface area contributed by atoms with Crippen molar-refractivity contribution in [3.05, 3.63) is 28.8 Å². The average Bonchev–Trinajstić information content (AvgIpc) is 2.15. The van der Waals surface area contributed by atoms with Crippen molar-refractivity contribution in [1.29, 1.82) is 0 Å². The Morgan fingerprint density at radius 1 is 1.40 bits per heavy atom. The van der Waals surface area contributed by atoms with Crippen molar-refractivity contribution in [2.75, 3.05) is 7.11 Å². The molecule has 1 aromatic carbocycles. The molecule has 0 heterocycles. The summed E-state index contributed by atoms with van der Waals surface area (Å²) in [6.45, 7) is 2.80. The van der Waals surface area contributed by atoms with Gasteiger partial charge >= 0.3 is 0 Å². The minimum atomic E-state index is -2.92. The predicted molar refractivity (Wildman–Crippen MR) is 55.2 cm³/mol. The molecule has 0 atom stereocenters. The summed E-state index contributed by atoms with van der Waals surface area (Å²) in [4.78, 5) is 0. The van der Waals surface area contributed by atoms with E-state index in [0.717, 1.165) is 12.5 Å². The Morgan fingerprint density at radius 3 is 2.40 bits per heavy atom. The summed E-state index contributed by atoms with van der Waals surface area (Å²) in [5.41, 5.74) is 6.74. The quantitative estimate of drug-likeness (QED) is 0.841. The van der Waals surface area contributed by atoms with Crippen molar-refractivity contribution in [3.63, 3.8) is 0 Å². The zero-order chi connectivity index (χ0) is 11.6. The highest BCUT2D eigenvalue weighted by Crippen LogP contribution is 2.37. The number of ether oxygens (including phenoxy) is 1. The molecule has 0 aliphatic rings. The highest BCUT2D eigenvalue weighted by atomic mass is 19.3. The van der Waals surface area contributed by atoms with Gasteiger partial charge in [0.2, 0.25) is 0 Å². The van der Waals surface area contributed by atoms with Crippen LogP contribution in [0.3, 0.4) is 0 Å². The molecule has 0 aliphatic heterocycles. The van der Waals surface area contributed by atoms with Crippen LogP contribution >= 0.6 is 0 Å². The van der Waals surface area contributed by atoms with Crippen molar-refractivity contribution >= 4 is 0 Å². The van der Waals surface area contributed by atoms with Gasteiger partial charge in [0.15, 0.2) is 0 Å². The lowest BCUT2D eigenvalue weighted by atomic mass is 10.0. The smallest absolute Gasteiger partial charge is 0.274 e. The Balaban J connectivity index is 3.42. The van der Waals surface area contributed by atoms with Gasteiger partial charge in [-0.25, -0.2) is 8.78 Å². The average molecular weight is 215 g/mol. The maximum atomic E-state index is 13.3. The van der Waals surface area contributed by atoms with E-state index in [0.29, 0.717) is 5.56 Å². The Bertz CT molecular complexity index is 358. The van der Waals surface area contributed by atoms with E-state index in [-0.39, 0.29) is 17.9 Å². The lowest BCUT2D eigenvalue weighted by Crippen LogP contribution is -2.12. The van der Waals surface area contributed by atoms with Crippen LogP contribution in [-0.4, -0.2) is 7.11 Å². The Hall–Kier alpha value is -1.16. The number of hydrogen-bond acceptors (Lipinski definition) is 2. The molecular formula is C11H15F2NO. The standard InChI is InChI=1S/C11H15F2NO/c1-7-4-8(6-14)10(15-3)9(5-7)11(2,12)13/h4-5H,6,14H2,1-3H3. The molecule has 4 heteroatoms. The Morgan fingerprint density at radius 2 is 2.00 bits per heavy atom. The molecule has 0 spiro atoms. The minimum Gasteiger partial charge on any atom is -0.496 e.